The molecule has 0 heterocycles. The van der Waals surface area contributed by atoms with Gasteiger partial charge in [0.05, 0.1) is 6.10 Å². The second kappa shape index (κ2) is 5.35. The van der Waals surface area contributed by atoms with Crippen LogP contribution >= 0.6 is 0 Å². The highest BCUT2D eigenvalue weighted by molar-refractivity contribution is 4.98. The van der Waals surface area contributed by atoms with E-state index in [9.17, 15) is 0 Å². The lowest BCUT2D eigenvalue weighted by Gasteiger charge is -2.42. The number of methoxy groups -OCH3 is 1. The molecule has 1 aliphatic rings. The minimum atomic E-state index is 0.288. The van der Waals surface area contributed by atoms with E-state index in [4.69, 9.17) is 4.74 Å². The maximum Gasteiger partial charge on any atom is 0.0633 e. The summed E-state index contributed by atoms with van der Waals surface area (Å²) in [5.74, 6) is 0. The third-order valence-electron chi connectivity index (χ3n) is 3.46. The van der Waals surface area contributed by atoms with Crippen molar-refractivity contribution in [3.05, 3.63) is 25.3 Å². The molecule has 0 radical (unpaired) electrons. The van der Waals surface area contributed by atoms with E-state index in [1.54, 1.807) is 0 Å². The van der Waals surface area contributed by atoms with Crippen molar-refractivity contribution < 1.29 is 4.74 Å². The molecule has 1 atom stereocenters. The first-order valence-electron chi connectivity index (χ1n) is 5.53. The summed E-state index contributed by atoms with van der Waals surface area (Å²) < 4.78 is 5.62. The van der Waals surface area contributed by atoms with Crippen molar-refractivity contribution >= 4 is 0 Å². The summed E-state index contributed by atoms with van der Waals surface area (Å²) in [5, 5.41) is 0. The summed E-state index contributed by atoms with van der Waals surface area (Å²) in [6, 6.07) is 0. The van der Waals surface area contributed by atoms with Crippen LogP contribution in [0.5, 0.6) is 0 Å². The van der Waals surface area contributed by atoms with Gasteiger partial charge in [-0.05, 0) is 25.7 Å². The molecule has 0 saturated heterocycles. The average molecular weight is 194 g/mol. The van der Waals surface area contributed by atoms with Crippen molar-refractivity contribution in [2.24, 2.45) is 5.41 Å². The Balaban J connectivity index is 2.77. The number of hydrogen-bond acceptors (Lipinski definition) is 1. The van der Waals surface area contributed by atoms with Crippen molar-refractivity contribution in [2.45, 2.75) is 44.6 Å². The number of rotatable bonds is 5. The van der Waals surface area contributed by atoms with Gasteiger partial charge in [0.15, 0.2) is 0 Å². The zero-order valence-electron chi connectivity index (χ0n) is 9.30. The molecule has 1 saturated carbocycles. The predicted molar refractivity (Wildman–Crippen MR) is 61.3 cm³/mol. The van der Waals surface area contributed by atoms with E-state index in [1.807, 2.05) is 19.3 Å². The molecular formula is C13H22O. The SMILES string of the molecule is C=CCC1(CC=C)CCCCC1OC. The van der Waals surface area contributed by atoms with Crippen LogP contribution in [0.3, 0.4) is 0 Å². The average Bonchev–Trinajstić information content (AvgIpc) is 2.19. The molecule has 0 N–H and O–H groups in total. The largest absolute Gasteiger partial charge is 0.381 e. The fraction of sp³-hybridized carbons (Fsp3) is 0.692. The summed E-state index contributed by atoms with van der Waals surface area (Å²) in [6.45, 7) is 7.72. The second-order valence-electron chi connectivity index (χ2n) is 4.32. The van der Waals surface area contributed by atoms with E-state index in [0.29, 0.717) is 6.10 Å². The van der Waals surface area contributed by atoms with Gasteiger partial charge in [-0.3, -0.25) is 0 Å². The van der Waals surface area contributed by atoms with Crippen molar-refractivity contribution in [3.8, 4) is 0 Å². The van der Waals surface area contributed by atoms with E-state index in [2.05, 4.69) is 13.2 Å². The smallest absolute Gasteiger partial charge is 0.0633 e. The molecule has 1 nitrogen and oxygen atoms in total. The van der Waals surface area contributed by atoms with Gasteiger partial charge in [-0.15, -0.1) is 13.2 Å². The first kappa shape index (κ1) is 11.5. The summed E-state index contributed by atoms with van der Waals surface area (Å²) in [5.41, 5.74) is 0.288. The highest BCUT2D eigenvalue weighted by atomic mass is 16.5. The molecular weight excluding hydrogens is 172 g/mol. The Morgan fingerprint density at radius 2 is 1.93 bits per heavy atom. The minimum Gasteiger partial charge on any atom is -0.381 e. The quantitative estimate of drug-likeness (QED) is 0.606. The Morgan fingerprint density at radius 1 is 1.29 bits per heavy atom. The molecule has 0 spiro atoms. The van der Waals surface area contributed by atoms with Crippen LogP contribution in [0.15, 0.2) is 25.3 Å². The molecule has 0 aromatic carbocycles. The van der Waals surface area contributed by atoms with E-state index in [1.165, 1.54) is 25.7 Å². The second-order valence-corrected chi connectivity index (χ2v) is 4.32. The van der Waals surface area contributed by atoms with Crippen LogP contribution in [0, 0.1) is 5.41 Å². The van der Waals surface area contributed by atoms with Crippen molar-refractivity contribution in [2.75, 3.05) is 7.11 Å². The van der Waals surface area contributed by atoms with E-state index < -0.39 is 0 Å². The fourth-order valence-electron chi connectivity index (χ4n) is 2.77. The van der Waals surface area contributed by atoms with Crippen LogP contribution in [-0.4, -0.2) is 13.2 Å². The maximum absolute atomic E-state index is 5.62. The number of ether oxygens (including phenoxy) is 1. The topological polar surface area (TPSA) is 9.23 Å². The zero-order valence-corrected chi connectivity index (χ0v) is 9.30. The Labute approximate surface area is 87.8 Å². The summed E-state index contributed by atoms with van der Waals surface area (Å²) in [4.78, 5) is 0. The van der Waals surface area contributed by atoms with Crippen molar-refractivity contribution in [1.29, 1.82) is 0 Å². The number of allylic oxidation sites excluding steroid dienone is 2. The fourth-order valence-corrected chi connectivity index (χ4v) is 2.77. The highest BCUT2D eigenvalue weighted by Crippen LogP contribution is 2.44. The van der Waals surface area contributed by atoms with Crippen LogP contribution in [0.4, 0.5) is 0 Å². The first-order valence-corrected chi connectivity index (χ1v) is 5.53. The molecule has 14 heavy (non-hydrogen) atoms. The van der Waals surface area contributed by atoms with Gasteiger partial charge in [0, 0.05) is 12.5 Å². The Bertz CT molecular complexity index is 185. The Kier molecular flexibility index (Phi) is 4.40. The summed E-state index contributed by atoms with van der Waals surface area (Å²) >= 11 is 0. The van der Waals surface area contributed by atoms with Gasteiger partial charge in [-0.1, -0.05) is 25.0 Å². The molecule has 1 heteroatoms. The molecule has 0 aromatic rings. The van der Waals surface area contributed by atoms with Gasteiger partial charge in [0.25, 0.3) is 0 Å². The highest BCUT2D eigenvalue weighted by Gasteiger charge is 2.38. The molecule has 0 bridgehead atoms. The first-order chi connectivity index (χ1) is 6.79. The van der Waals surface area contributed by atoms with E-state index in [0.717, 1.165) is 12.8 Å². The summed E-state index contributed by atoms with van der Waals surface area (Å²) in [7, 11) is 1.83. The lowest BCUT2D eigenvalue weighted by atomic mass is 9.67. The lowest BCUT2D eigenvalue weighted by Crippen LogP contribution is -2.38. The molecule has 0 amide bonds. The van der Waals surface area contributed by atoms with Crippen LogP contribution in [-0.2, 0) is 4.74 Å². The van der Waals surface area contributed by atoms with Crippen molar-refractivity contribution in [1.82, 2.24) is 0 Å². The third-order valence-corrected chi connectivity index (χ3v) is 3.46. The predicted octanol–water partition coefficient (Wildman–Crippen LogP) is 3.71. The molecule has 1 fully saturated rings. The monoisotopic (exact) mass is 194 g/mol. The van der Waals surface area contributed by atoms with Gasteiger partial charge < -0.3 is 4.74 Å². The lowest BCUT2D eigenvalue weighted by molar-refractivity contribution is -0.0403. The zero-order chi connectivity index (χ0) is 10.4. The van der Waals surface area contributed by atoms with Gasteiger partial charge in [-0.2, -0.15) is 0 Å². The normalized spacial score (nSPS) is 25.6. The van der Waals surface area contributed by atoms with Crippen LogP contribution in [0.25, 0.3) is 0 Å². The molecule has 0 aromatic heterocycles. The van der Waals surface area contributed by atoms with Gasteiger partial charge >= 0.3 is 0 Å². The maximum atomic E-state index is 5.62. The Hall–Kier alpha value is -0.560. The molecule has 1 aliphatic carbocycles. The van der Waals surface area contributed by atoms with Gasteiger partial charge in [0.1, 0.15) is 0 Å². The minimum absolute atomic E-state index is 0.288. The molecule has 1 unspecified atom stereocenters. The van der Waals surface area contributed by atoms with Gasteiger partial charge in [0.2, 0.25) is 0 Å². The molecule has 80 valence electrons. The van der Waals surface area contributed by atoms with Crippen LogP contribution in [0.2, 0.25) is 0 Å². The van der Waals surface area contributed by atoms with E-state index in [-0.39, 0.29) is 5.41 Å². The Morgan fingerprint density at radius 3 is 2.43 bits per heavy atom. The van der Waals surface area contributed by atoms with E-state index >= 15 is 0 Å². The van der Waals surface area contributed by atoms with Gasteiger partial charge in [-0.25, -0.2) is 0 Å². The molecule has 0 aliphatic heterocycles. The van der Waals surface area contributed by atoms with Crippen LogP contribution < -0.4 is 0 Å². The van der Waals surface area contributed by atoms with Crippen molar-refractivity contribution in [3.63, 3.8) is 0 Å². The van der Waals surface area contributed by atoms with Crippen LogP contribution in [0.1, 0.15) is 38.5 Å². The third kappa shape index (κ3) is 2.27. The summed E-state index contributed by atoms with van der Waals surface area (Å²) in [6.07, 6.45) is 11.6. The standard InChI is InChI=1S/C13H22O/c1-4-9-13(10-5-2)11-7-6-8-12(13)14-3/h4-5,12H,1-2,6-11H2,3H3. The number of hydrogen-bond donors (Lipinski definition) is 0. The molecule has 1 rings (SSSR count).